The van der Waals surface area contributed by atoms with E-state index in [0.717, 1.165) is 25.7 Å². The van der Waals surface area contributed by atoms with Crippen LogP contribution in [0.25, 0.3) is 11.0 Å². The fourth-order valence-corrected chi connectivity index (χ4v) is 2.86. The molecule has 0 aliphatic carbocycles. The average molecular weight is 411 g/mol. The Morgan fingerprint density at radius 2 is 2.05 bits per heavy atom. The summed E-state index contributed by atoms with van der Waals surface area (Å²) in [4.78, 5) is 14.9. The predicted molar refractivity (Wildman–Crippen MR) is 90.3 cm³/mol. The molecule has 2 aromatic carbocycles. The summed E-state index contributed by atoms with van der Waals surface area (Å²) in [5, 5.41) is 12.0. The van der Waals surface area contributed by atoms with Crippen molar-refractivity contribution < 1.29 is 14.3 Å². The zero-order valence-corrected chi connectivity index (χ0v) is 13.6. The number of hydrogen-bond donors (Lipinski definition) is 2. The zero-order valence-electron chi connectivity index (χ0n) is 11.5. The smallest absolute Gasteiger partial charge is 0.417 e. The van der Waals surface area contributed by atoms with Crippen LogP contribution in [0.15, 0.2) is 36.7 Å². The van der Waals surface area contributed by atoms with Crippen LogP contribution in [0, 0.1) is 16.3 Å². The van der Waals surface area contributed by atoms with Crippen LogP contribution in [-0.2, 0) is 0 Å². The van der Waals surface area contributed by atoms with Crippen molar-refractivity contribution in [3.63, 3.8) is 0 Å². The Morgan fingerprint density at radius 1 is 1.32 bits per heavy atom. The Morgan fingerprint density at radius 3 is 2.73 bits per heavy atom. The molecule has 3 aromatic rings. The quantitative estimate of drug-likeness (QED) is 0.616. The Balaban J connectivity index is 2.05. The molecule has 0 aliphatic heterocycles. The predicted octanol–water partition coefficient (Wildman–Crippen LogP) is 4.36. The van der Waals surface area contributed by atoms with E-state index in [0.29, 0.717) is 0 Å². The Kier molecular flexibility index (Phi) is 3.73. The van der Waals surface area contributed by atoms with E-state index in [1.165, 1.54) is 12.1 Å². The first-order valence-corrected chi connectivity index (χ1v) is 7.47. The van der Waals surface area contributed by atoms with Gasteiger partial charge in [0.1, 0.15) is 11.8 Å². The molecule has 22 heavy (non-hydrogen) atoms. The normalized spacial score (nSPS) is 10.9. The molecule has 1 heterocycles. The lowest BCUT2D eigenvalue weighted by Gasteiger charge is -2.11. The number of anilines is 2. The van der Waals surface area contributed by atoms with Gasteiger partial charge in [0.25, 0.3) is 0 Å². The van der Waals surface area contributed by atoms with Crippen LogP contribution in [0.4, 0.5) is 20.6 Å². The zero-order chi connectivity index (χ0) is 15.9. The molecule has 0 unspecified atom stereocenters. The van der Waals surface area contributed by atoms with Gasteiger partial charge in [-0.25, -0.2) is 18.7 Å². The van der Waals surface area contributed by atoms with Gasteiger partial charge < -0.3 is 10.4 Å². The minimum absolute atomic E-state index is 0.0237. The van der Waals surface area contributed by atoms with Gasteiger partial charge in [0.05, 0.1) is 11.2 Å². The molecule has 2 N–H and O–H groups in total. The summed E-state index contributed by atoms with van der Waals surface area (Å²) in [5.41, 5.74) is 2.27. The molecule has 112 valence electrons. The molecule has 0 saturated carbocycles. The second kappa shape index (κ2) is 5.56. The molecule has 1 aromatic heterocycles. The molecule has 0 amide bonds. The summed E-state index contributed by atoms with van der Waals surface area (Å²) in [6.45, 7) is 1.93. The molecular formula is C15H11FIN3O2. The van der Waals surface area contributed by atoms with Crippen LogP contribution in [0.1, 0.15) is 5.56 Å². The summed E-state index contributed by atoms with van der Waals surface area (Å²) in [5.74, 6) is -0.574. The van der Waals surface area contributed by atoms with Gasteiger partial charge in [0.15, 0.2) is 5.82 Å². The number of nitrogens with one attached hydrogen (secondary N) is 1. The van der Waals surface area contributed by atoms with E-state index < -0.39 is 11.9 Å². The van der Waals surface area contributed by atoms with Crippen LogP contribution in [0.2, 0.25) is 0 Å². The number of carboxylic acid groups (broad SMARTS) is 1. The van der Waals surface area contributed by atoms with Crippen LogP contribution in [-0.4, -0.2) is 20.8 Å². The molecular weight excluding hydrogens is 400 g/mol. The van der Waals surface area contributed by atoms with Crippen LogP contribution in [0.5, 0.6) is 0 Å². The van der Waals surface area contributed by atoms with Crippen molar-refractivity contribution in [3.05, 3.63) is 51.6 Å². The van der Waals surface area contributed by atoms with Crippen molar-refractivity contribution >= 4 is 51.1 Å². The number of carbonyl (C=O) groups is 1. The van der Waals surface area contributed by atoms with Crippen molar-refractivity contribution in [2.45, 2.75) is 6.92 Å². The second-order valence-electron chi connectivity index (χ2n) is 4.78. The fraction of sp³-hybridized carbons (Fsp3) is 0.0667. The number of hydrogen-bond acceptors (Lipinski definition) is 3. The summed E-state index contributed by atoms with van der Waals surface area (Å²) in [6, 6.07) is 8.82. The van der Waals surface area contributed by atoms with E-state index in [2.05, 4.69) is 32.9 Å². The third-order valence-corrected chi connectivity index (χ3v) is 3.99. The molecule has 5 nitrogen and oxygen atoms in total. The van der Waals surface area contributed by atoms with E-state index in [9.17, 15) is 9.18 Å². The van der Waals surface area contributed by atoms with E-state index in [-0.39, 0.29) is 16.7 Å². The maximum Gasteiger partial charge on any atom is 0.417 e. The number of aromatic nitrogens is 2. The number of nitrogens with zero attached hydrogens (tertiary/aromatic N) is 2. The van der Waals surface area contributed by atoms with Crippen molar-refractivity contribution in [3.8, 4) is 0 Å². The lowest BCUT2D eigenvalue weighted by molar-refractivity contribution is 0.197. The first-order valence-electron chi connectivity index (χ1n) is 6.39. The third-order valence-electron chi connectivity index (χ3n) is 3.32. The number of fused-ring (bicyclic) bond motifs is 1. The topological polar surface area (TPSA) is 67.2 Å². The van der Waals surface area contributed by atoms with Gasteiger partial charge in [0.2, 0.25) is 0 Å². The molecule has 0 atom stereocenters. The molecule has 0 spiro atoms. The minimum atomic E-state index is -1.20. The molecule has 0 bridgehead atoms. The van der Waals surface area contributed by atoms with E-state index in [4.69, 9.17) is 5.11 Å². The molecule has 0 radical (unpaired) electrons. The van der Waals surface area contributed by atoms with Crippen molar-refractivity contribution in [1.82, 2.24) is 9.55 Å². The third kappa shape index (κ3) is 2.52. The SMILES string of the molecule is Cc1cc(I)ccc1Nc1ccc2c(ncn2C(=O)O)c1F. The first kappa shape index (κ1) is 14.8. The highest BCUT2D eigenvalue weighted by molar-refractivity contribution is 14.1. The average Bonchev–Trinajstić information content (AvgIpc) is 2.89. The van der Waals surface area contributed by atoms with Crippen molar-refractivity contribution in [2.24, 2.45) is 0 Å². The maximum atomic E-state index is 14.5. The van der Waals surface area contributed by atoms with Gasteiger partial charge in [-0.3, -0.25) is 0 Å². The van der Waals surface area contributed by atoms with Gasteiger partial charge in [-0.2, -0.15) is 0 Å². The Labute approximate surface area is 138 Å². The lowest BCUT2D eigenvalue weighted by Crippen LogP contribution is -2.06. The summed E-state index contributed by atoms with van der Waals surface area (Å²) in [7, 11) is 0. The summed E-state index contributed by atoms with van der Waals surface area (Å²) < 4.78 is 16.5. The largest absolute Gasteiger partial charge is 0.464 e. The van der Waals surface area contributed by atoms with Gasteiger partial charge in [-0.1, -0.05) is 0 Å². The first-order chi connectivity index (χ1) is 10.5. The number of imidazole rings is 1. The molecule has 0 aliphatic rings. The van der Waals surface area contributed by atoms with Gasteiger partial charge in [-0.05, 0) is 65.4 Å². The second-order valence-corrected chi connectivity index (χ2v) is 6.02. The minimum Gasteiger partial charge on any atom is -0.464 e. The summed E-state index contributed by atoms with van der Waals surface area (Å²) in [6.07, 6.45) is -0.105. The Bertz CT molecular complexity index is 892. The molecule has 3 rings (SSSR count). The highest BCUT2D eigenvalue weighted by Crippen LogP contribution is 2.28. The monoisotopic (exact) mass is 411 g/mol. The number of halogens is 2. The van der Waals surface area contributed by atoms with Gasteiger partial charge >= 0.3 is 6.09 Å². The van der Waals surface area contributed by atoms with Crippen LogP contribution >= 0.6 is 22.6 Å². The van der Waals surface area contributed by atoms with E-state index in [1.807, 2.05) is 25.1 Å². The van der Waals surface area contributed by atoms with Crippen LogP contribution in [0.3, 0.4) is 0 Å². The summed E-state index contributed by atoms with van der Waals surface area (Å²) >= 11 is 2.21. The van der Waals surface area contributed by atoms with E-state index in [1.54, 1.807) is 0 Å². The maximum absolute atomic E-state index is 14.5. The molecule has 0 fully saturated rings. The molecule has 7 heteroatoms. The lowest BCUT2D eigenvalue weighted by atomic mass is 10.2. The number of rotatable bonds is 2. The van der Waals surface area contributed by atoms with E-state index >= 15 is 0 Å². The Hall–Kier alpha value is -2.16. The highest BCUT2D eigenvalue weighted by atomic mass is 127. The van der Waals surface area contributed by atoms with Gasteiger partial charge in [0, 0.05) is 9.26 Å². The number of benzene rings is 2. The van der Waals surface area contributed by atoms with Crippen molar-refractivity contribution in [2.75, 3.05) is 5.32 Å². The van der Waals surface area contributed by atoms with Gasteiger partial charge in [-0.15, -0.1) is 0 Å². The number of aryl methyl sites for hydroxylation is 1. The highest BCUT2D eigenvalue weighted by Gasteiger charge is 2.15. The van der Waals surface area contributed by atoms with Crippen molar-refractivity contribution in [1.29, 1.82) is 0 Å². The standard InChI is InChI=1S/C15H11FIN3O2/c1-8-6-9(17)2-3-10(8)19-11-4-5-12-14(13(11)16)18-7-20(12)15(21)22/h2-7,19H,1H3,(H,21,22). The fourth-order valence-electron chi connectivity index (χ4n) is 2.21. The van der Waals surface area contributed by atoms with Crippen LogP contribution < -0.4 is 5.32 Å². The molecule has 0 saturated heterocycles.